The molecule has 1 aromatic carbocycles. The van der Waals surface area contributed by atoms with Crippen LogP contribution in [0.25, 0.3) is 0 Å². The molecule has 90 valence electrons. The molecular formula is C10H13F2NO2S. The molecule has 1 rings (SSSR count). The van der Waals surface area contributed by atoms with Crippen molar-refractivity contribution in [2.75, 3.05) is 6.54 Å². The Balaban J connectivity index is 2.98. The van der Waals surface area contributed by atoms with Gasteiger partial charge in [0.25, 0.3) is 0 Å². The van der Waals surface area contributed by atoms with Crippen molar-refractivity contribution >= 4 is 10.0 Å². The van der Waals surface area contributed by atoms with Crippen LogP contribution in [0.15, 0.2) is 23.1 Å². The molecule has 0 atom stereocenters. The highest BCUT2D eigenvalue weighted by Gasteiger charge is 2.16. The molecule has 0 fully saturated rings. The Morgan fingerprint density at radius 1 is 1.19 bits per heavy atom. The molecule has 0 unspecified atom stereocenters. The highest BCUT2D eigenvalue weighted by atomic mass is 32.2. The number of rotatable bonds is 4. The van der Waals surface area contributed by atoms with E-state index in [0.717, 1.165) is 12.1 Å². The van der Waals surface area contributed by atoms with Gasteiger partial charge in [-0.3, -0.25) is 0 Å². The standard InChI is InChI=1S/C10H13F2NO2S/c1-7(2)6-13-16(14,15)10-4-8(11)3-9(12)5-10/h3-5,7,13H,6H2,1-2H3. The van der Waals surface area contributed by atoms with Crippen molar-refractivity contribution in [1.82, 2.24) is 4.72 Å². The van der Waals surface area contributed by atoms with Gasteiger partial charge in [-0.05, 0) is 18.1 Å². The second kappa shape index (κ2) is 4.88. The molecule has 0 spiro atoms. The molecule has 1 aromatic rings. The van der Waals surface area contributed by atoms with Gasteiger partial charge in [-0.25, -0.2) is 21.9 Å². The van der Waals surface area contributed by atoms with Crippen LogP contribution in [0.5, 0.6) is 0 Å². The molecule has 16 heavy (non-hydrogen) atoms. The van der Waals surface area contributed by atoms with Crippen molar-refractivity contribution in [3.8, 4) is 0 Å². The summed E-state index contributed by atoms with van der Waals surface area (Å²) in [5, 5.41) is 0. The third-order valence-corrected chi connectivity index (χ3v) is 3.23. The second-order valence-corrected chi connectivity index (χ2v) is 5.62. The average Bonchev–Trinajstić information content (AvgIpc) is 2.13. The molecular weight excluding hydrogens is 236 g/mol. The average molecular weight is 249 g/mol. The lowest BCUT2D eigenvalue weighted by molar-refractivity contribution is 0.550. The molecule has 0 aliphatic carbocycles. The summed E-state index contributed by atoms with van der Waals surface area (Å²) < 4.78 is 51.1. The van der Waals surface area contributed by atoms with E-state index < -0.39 is 26.6 Å². The summed E-state index contributed by atoms with van der Waals surface area (Å²) in [5.41, 5.74) is 0. The quantitative estimate of drug-likeness (QED) is 0.885. The van der Waals surface area contributed by atoms with Gasteiger partial charge in [-0.2, -0.15) is 0 Å². The molecule has 0 bridgehead atoms. The normalized spacial score (nSPS) is 12.1. The van der Waals surface area contributed by atoms with Gasteiger partial charge in [0.1, 0.15) is 11.6 Å². The number of nitrogens with one attached hydrogen (secondary N) is 1. The van der Waals surface area contributed by atoms with Crippen LogP contribution in [0.2, 0.25) is 0 Å². The van der Waals surface area contributed by atoms with Gasteiger partial charge in [0.05, 0.1) is 4.90 Å². The summed E-state index contributed by atoms with van der Waals surface area (Å²) in [7, 11) is -3.83. The Hall–Kier alpha value is -1.01. The highest BCUT2D eigenvalue weighted by molar-refractivity contribution is 7.89. The van der Waals surface area contributed by atoms with Gasteiger partial charge in [0.15, 0.2) is 0 Å². The number of hydrogen-bond donors (Lipinski definition) is 1. The van der Waals surface area contributed by atoms with E-state index >= 15 is 0 Å². The van der Waals surface area contributed by atoms with Crippen LogP contribution in [-0.4, -0.2) is 15.0 Å². The monoisotopic (exact) mass is 249 g/mol. The minimum Gasteiger partial charge on any atom is -0.211 e. The van der Waals surface area contributed by atoms with Crippen molar-refractivity contribution < 1.29 is 17.2 Å². The van der Waals surface area contributed by atoms with Crippen LogP contribution in [0.1, 0.15) is 13.8 Å². The molecule has 0 heterocycles. The Morgan fingerprint density at radius 3 is 2.12 bits per heavy atom. The Labute approximate surface area is 93.5 Å². The fraction of sp³-hybridized carbons (Fsp3) is 0.400. The van der Waals surface area contributed by atoms with E-state index in [-0.39, 0.29) is 12.5 Å². The van der Waals surface area contributed by atoms with Crippen molar-refractivity contribution in [3.05, 3.63) is 29.8 Å². The number of sulfonamides is 1. The lowest BCUT2D eigenvalue weighted by Gasteiger charge is -2.08. The lowest BCUT2D eigenvalue weighted by Crippen LogP contribution is -2.27. The Bertz CT molecular complexity index is 451. The summed E-state index contributed by atoms with van der Waals surface area (Å²) in [6.45, 7) is 3.88. The maximum Gasteiger partial charge on any atom is 0.240 e. The van der Waals surface area contributed by atoms with Gasteiger partial charge in [0, 0.05) is 12.6 Å². The van der Waals surface area contributed by atoms with E-state index in [4.69, 9.17) is 0 Å². The first-order chi connectivity index (χ1) is 7.31. The molecule has 0 amide bonds. The summed E-state index contributed by atoms with van der Waals surface area (Å²) in [6, 6.07) is 2.19. The fourth-order valence-corrected chi connectivity index (χ4v) is 2.30. The Morgan fingerprint density at radius 2 is 1.69 bits per heavy atom. The molecule has 6 heteroatoms. The van der Waals surface area contributed by atoms with Crippen LogP contribution >= 0.6 is 0 Å². The molecule has 1 N–H and O–H groups in total. The van der Waals surface area contributed by atoms with Crippen molar-refractivity contribution in [1.29, 1.82) is 0 Å². The van der Waals surface area contributed by atoms with E-state index in [0.29, 0.717) is 6.07 Å². The van der Waals surface area contributed by atoms with Crippen LogP contribution in [0, 0.1) is 17.6 Å². The molecule has 0 saturated heterocycles. The van der Waals surface area contributed by atoms with E-state index in [2.05, 4.69) is 4.72 Å². The largest absolute Gasteiger partial charge is 0.240 e. The fourth-order valence-electron chi connectivity index (χ4n) is 1.04. The first-order valence-corrected chi connectivity index (χ1v) is 6.25. The molecule has 0 aliphatic heterocycles. The Kier molecular flexibility index (Phi) is 3.98. The third kappa shape index (κ3) is 3.53. The van der Waals surface area contributed by atoms with Crippen molar-refractivity contribution in [2.24, 2.45) is 5.92 Å². The van der Waals surface area contributed by atoms with E-state index in [9.17, 15) is 17.2 Å². The van der Waals surface area contributed by atoms with Gasteiger partial charge < -0.3 is 0 Å². The van der Waals surface area contributed by atoms with Crippen LogP contribution in [0.3, 0.4) is 0 Å². The predicted molar refractivity (Wildman–Crippen MR) is 56.4 cm³/mol. The first kappa shape index (κ1) is 13.1. The zero-order valence-electron chi connectivity index (χ0n) is 9.00. The zero-order valence-corrected chi connectivity index (χ0v) is 9.81. The number of benzene rings is 1. The van der Waals surface area contributed by atoms with Crippen molar-refractivity contribution in [2.45, 2.75) is 18.7 Å². The zero-order chi connectivity index (χ0) is 12.3. The van der Waals surface area contributed by atoms with Crippen LogP contribution in [-0.2, 0) is 10.0 Å². The predicted octanol–water partition coefficient (Wildman–Crippen LogP) is 1.90. The van der Waals surface area contributed by atoms with Crippen LogP contribution in [0.4, 0.5) is 8.78 Å². The molecule has 0 radical (unpaired) electrons. The molecule has 0 aromatic heterocycles. The minimum absolute atomic E-state index is 0.119. The summed E-state index contributed by atoms with van der Waals surface area (Å²) >= 11 is 0. The van der Waals surface area contributed by atoms with Crippen molar-refractivity contribution in [3.63, 3.8) is 0 Å². The molecule has 3 nitrogen and oxygen atoms in total. The first-order valence-electron chi connectivity index (χ1n) is 4.77. The molecule has 0 saturated carbocycles. The SMILES string of the molecule is CC(C)CNS(=O)(=O)c1cc(F)cc(F)c1. The van der Waals surface area contributed by atoms with Crippen LogP contribution < -0.4 is 4.72 Å². The maximum atomic E-state index is 12.8. The minimum atomic E-state index is -3.83. The summed E-state index contributed by atoms with van der Waals surface area (Å²) in [4.78, 5) is -0.398. The van der Waals surface area contributed by atoms with Gasteiger partial charge in [-0.15, -0.1) is 0 Å². The smallest absolute Gasteiger partial charge is 0.211 e. The highest BCUT2D eigenvalue weighted by Crippen LogP contribution is 2.13. The van der Waals surface area contributed by atoms with E-state index in [1.165, 1.54) is 0 Å². The lowest BCUT2D eigenvalue weighted by atomic mass is 10.2. The molecule has 0 aliphatic rings. The van der Waals surface area contributed by atoms with Gasteiger partial charge in [-0.1, -0.05) is 13.8 Å². The van der Waals surface area contributed by atoms with Gasteiger partial charge in [0.2, 0.25) is 10.0 Å². The third-order valence-electron chi connectivity index (χ3n) is 1.83. The van der Waals surface area contributed by atoms with Gasteiger partial charge >= 0.3 is 0 Å². The topological polar surface area (TPSA) is 46.2 Å². The number of halogens is 2. The second-order valence-electron chi connectivity index (χ2n) is 3.85. The summed E-state index contributed by atoms with van der Waals surface area (Å²) in [5.74, 6) is -1.71. The number of hydrogen-bond acceptors (Lipinski definition) is 2. The maximum absolute atomic E-state index is 12.8. The van der Waals surface area contributed by atoms with E-state index in [1.807, 2.05) is 13.8 Å². The summed E-state index contributed by atoms with van der Waals surface area (Å²) in [6.07, 6.45) is 0. The van der Waals surface area contributed by atoms with E-state index in [1.54, 1.807) is 0 Å².